The van der Waals surface area contributed by atoms with Crippen LogP contribution in [0, 0.1) is 5.92 Å². The third-order valence-electron chi connectivity index (χ3n) is 4.23. The smallest absolute Gasteiger partial charge is 0.132 e. The summed E-state index contributed by atoms with van der Waals surface area (Å²) in [7, 11) is 0. The van der Waals surface area contributed by atoms with Crippen molar-refractivity contribution >= 4 is 5.78 Å². The Morgan fingerprint density at radius 1 is 1.24 bits per heavy atom. The summed E-state index contributed by atoms with van der Waals surface area (Å²) in [6.07, 6.45) is 4.10. The molecule has 0 bridgehead atoms. The number of Topliss-reactive ketones (excluding diaryl/α,β-unsaturated/α-hetero) is 1. The molecule has 0 unspecified atom stereocenters. The van der Waals surface area contributed by atoms with Crippen molar-refractivity contribution in [2.75, 3.05) is 0 Å². The van der Waals surface area contributed by atoms with E-state index in [0.29, 0.717) is 11.5 Å². The molecule has 0 heterocycles. The van der Waals surface area contributed by atoms with E-state index >= 15 is 0 Å². The number of hydrogen-bond donors (Lipinski definition) is 1. The van der Waals surface area contributed by atoms with E-state index in [2.05, 4.69) is 6.92 Å². The summed E-state index contributed by atoms with van der Waals surface area (Å²) >= 11 is 0. The van der Waals surface area contributed by atoms with Crippen LogP contribution in [0.15, 0.2) is 24.3 Å². The molecule has 0 radical (unpaired) electrons. The zero-order valence-corrected chi connectivity index (χ0v) is 10.6. The van der Waals surface area contributed by atoms with Gasteiger partial charge in [-0.05, 0) is 55.7 Å². The third kappa shape index (κ3) is 2.51. The lowest BCUT2D eigenvalue weighted by Gasteiger charge is -2.37. The number of rotatable bonds is 2. The molecule has 0 amide bonds. The lowest BCUT2D eigenvalue weighted by atomic mass is 9.67. The standard InChI is InChI=1S/C15H20O2/c1-11(16)12-7-9-15(2,10-8-12)13-3-5-14(17)6-4-13/h3-6,12,17H,7-10H2,1-2H3. The van der Waals surface area contributed by atoms with Gasteiger partial charge in [-0.2, -0.15) is 0 Å². The fraction of sp³-hybridized carbons (Fsp3) is 0.533. The lowest BCUT2D eigenvalue weighted by Crippen LogP contribution is -2.30. The first kappa shape index (κ1) is 12.2. The minimum absolute atomic E-state index is 0.166. The molecule has 1 aromatic carbocycles. The number of phenolic OH excluding ortho intramolecular Hbond substituents is 1. The molecule has 17 heavy (non-hydrogen) atoms. The van der Waals surface area contributed by atoms with Crippen molar-refractivity contribution in [1.29, 1.82) is 0 Å². The minimum Gasteiger partial charge on any atom is -0.508 e. The molecule has 1 aliphatic carbocycles. The van der Waals surface area contributed by atoms with Crippen molar-refractivity contribution in [3.63, 3.8) is 0 Å². The molecule has 2 rings (SSSR count). The van der Waals surface area contributed by atoms with E-state index < -0.39 is 0 Å². The Hall–Kier alpha value is -1.31. The van der Waals surface area contributed by atoms with Crippen LogP contribution in [0.2, 0.25) is 0 Å². The van der Waals surface area contributed by atoms with Crippen molar-refractivity contribution < 1.29 is 9.90 Å². The Kier molecular flexibility index (Phi) is 3.23. The summed E-state index contributed by atoms with van der Waals surface area (Å²) in [6, 6.07) is 7.50. The summed E-state index contributed by atoms with van der Waals surface area (Å²) < 4.78 is 0. The van der Waals surface area contributed by atoms with Crippen LogP contribution < -0.4 is 0 Å². The van der Waals surface area contributed by atoms with Gasteiger partial charge in [0.2, 0.25) is 0 Å². The molecule has 2 nitrogen and oxygen atoms in total. The first-order valence-corrected chi connectivity index (χ1v) is 6.31. The first-order chi connectivity index (χ1) is 8.01. The summed E-state index contributed by atoms with van der Waals surface area (Å²) in [5.41, 5.74) is 1.44. The van der Waals surface area contributed by atoms with Crippen molar-refractivity contribution in [3.05, 3.63) is 29.8 Å². The zero-order chi connectivity index (χ0) is 12.5. The van der Waals surface area contributed by atoms with Crippen LogP contribution in [0.25, 0.3) is 0 Å². The molecule has 2 heteroatoms. The monoisotopic (exact) mass is 232 g/mol. The lowest BCUT2D eigenvalue weighted by molar-refractivity contribution is -0.121. The number of carbonyl (C=O) groups is 1. The van der Waals surface area contributed by atoms with Crippen LogP contribution in [-0.4, -0.2) is 10.9 Å². The highest BCUT2D eigenvalue weighted by Gasteiger charge is 2.33. The van der Waals surface area contributed by atoms with E-state index in [1.54, 1.807) is 19.1 Å². The minimum atomic E-state index is 0.166. The molecule has 0 aliphatic heterocycles. The van der Waals surface area contributed by atoms with E-state index in [1.165, 1.54) is 5.56 Å². The van der Waals surface area contributed by atoms with Gasteiger partial charge in [0.25, 0.3) is 0 Å². The Morgan fingerprint density at radius 3 is 2.24 bits per heavy atom. The second-order valence-electron chi connectivity index (χ2n) is 5.49. The van der Waals surface area contributed by atoms with Crippen molar-refractivity contribution in [2.45, 2.75) is 44.9 Å². The Bertz CT molecular complexity index is 397. The Labute approximate surface area is 103 Å². The average Bonchev–Trinajstić information content (AvgIpc) is 2.30. The molecule has 0 saturated heterocycles. The molecule has 1 aliphatic rings. The first-order valence-electron chi connectivity index (χ1n) is 6.31. The highest BCUT2D eigenvalue weighted by molar-refractivity contribution is 5.78. The Balaban J connectivity index is 2.11. The van der Waals surface area contributed by atoms with Crippen LogP contribution in [0.4, 0.5) is 0 Å². The molecule has 92 valence electrons. The highest BCUT2D eigenvalue weighted by atomic mass is 16.3. The second kappa shape index (κ2) is 4.52. The second-order valence-corrected chi connectivity index (χ2v) is 5.49. The van der Waals surface area contributed by atoms with Gasteiger partial charge >= 0.3 is 0 Å². The van der Waals surface area contributed by atoms with Gasteiger partial charge in [-0.1, -0.05) is 19.1 Å². The molecule has 0 spiro atoms. The number of aromatic hydroxyl groups is 1. The fourth-order valence-electron chi connectivity index (χ4n) is 2.81. The molecule has 0 aromatic heterocycles. The van der Waals surface area contributed by atoms with Gasteiger partial charge < -0.3 is 5.11 Å². The summed E-state index contributed by atoms with van der Waals surface area (Å²) in [5, 5.41) is 9.31. The molecule has 0 atom stereocenters. The predicted octanol–water partition coefficient (Wildman–Crippen LogP) is 3.43. The van der Waals surface area contributed by atoms with E-state index in [9.17, 15) is 9.90 Å². The van der Waals surface area contributed by atoms with Crippen molar-refractivity contribution in [1.82, 2.24) is 0 Å². The summed E-state index contributed by atoms with van der Waals surface area (Å²) in [4.78, 5) is 11.4. The molecular weight excluding hydrogens is 212 g/mol. The number of ketones is 1. The van der Waals surface area contributed by atoms with Crippen LogP contribution in [0.1, 0.15) is 45.1 Å². The quantitative estimate of drug-likeness (QED) is 0.848. The van der Waals surface area contributed by atoms with Crippen LogP contribution >= 0.6 is 0 Å². The van der Waals surface area contributed by atoms with Gasteiger partial charge in [0, 0.05) is 5.92 Å². The van der Waals surface area contributed by atoms with Gasteiger partial charge in [-0.15, -0.1) is 0 Å². The maximum absolute atomic E-state index is 11.4. The van der Waals surface area contributed by atoms with E-state index in [-0.39, 0.29) is 11.3 Å². The Morgan fingerprint density at radius 2 is 1.76 bits per heavy atom. The van der Waals surface area contributed by atoms with Crippen molar-refractivity contribution in [3.8, 4) is 5.75 Å². The van der Waals surface area contributed by atoms with Gasteiger partial charge in [-0.25, -0.2) is 0 Å². The molecule has 1 fully saturated rings. The molecular formula is C15H20O2. The predicted molar refractivity (Wildman–Crippen MR) is 68.1 cm³/mol. The number of carbonyl (C=O) groups excluding carboxylic acids is 1. The van der Waals surface area contributed by atoms with E-state index in [0.717, 1.165) is 25.7 Å². The molecule has 1 N–H and O–H groups in total. The summed E-state index contributed by atoms with van der Waals surface area (Å²) in [5.74, 6) is 0.910. The SMILES string of the molecule is CC(=O)C1CCC(C)(c2ccc(O)cc2)CC1. The molecule has 1 saturated carbocycles. The summed E-state index contributed by atoms with van der Waals surface area (Å²) in [6.45, 7) is 3.96. The normalized spacial score (nSPS) is 28.9. The van der Waals surface area contributed by atoms with E-state index in [1.807, 2.05) is 12.1 Å². The fourth-order valence-corrected chi connectivity index (χ4v) is 2.81. The van der Waals surface area contributed by atoms with Crippen molar-refractivity contribution in [2.24, 2.45) is 5.92 Å². The largest absolute Gasteiger partial charge is 0.508 e. The van der Waals surface area contributed by atoms with E-state index in [4.69, 9.17) is 0 Å². The number of hydrogen-bond acceptors (Lipinski definition) is 2. The van der Waals surface area contributed by atoms with Crippen LogP contribution in [0.3, 0.4) is 0 Å². The maximum Gasteiger partial charge on any atom is 0.132 e. The number of benzene rings is 1. The number of phenols is 1. The van der Waals surface area contributed by atoms with Gasteiger partial charge in [0.1, 0.15) is 11.5 Å². The van der Waals surface area contributed by atoms with Gasteiger partial charge in [0.05, 0.1) is 0 Å². The van der Waals surface area contributed by atoms with Crippen LogP contribution in [-0.2, 0) is 10.2 Å². The van der Waals surface area contributed by atoms with Gasteiger partial charge in [0.15, 0.2) is 0 Å². The maximum atomic E-state index is 11.4. The zero-order valence-electron chi connectivity index (χ0n) is 10.6. The van der Waals surface area contributed by atoms with Gasteiger partial charge in [-0.3, -0.25) is 4.79 Å². The van der Waals surface area contributed by atoms with Crippen LogP contribution in [0.5, 0.6) is 5.75 Å². The molecule has 1 aromatic rings. The third-order valence-corrected chi connectivity index (χ3v) is 4.23. The topological polar surface area (TPSA) is 37.3 Å². The average molecular weight is 232 g/mol. The highest BCUT2D eigenvalue weighted by Crippen LogP contribution is 2.41.